The van der Waals surface area contributed by atoms with Gasteiger partial charge in [0, 0.05) is 75.7 Å². The highest BCUT2D eigenvalue weighted by molar-refractivity contribution is 9.10. The van der Waals surface area contributed by atoms with E-state index >= 15 is 0 Å². The Bertz CT molecular complexity index is 1950. The fourth-order valence-electron chi connectivity index (χ4n) is 6.23. The zero-order chi connectivity index (χ0) is 35.6. The van der Waals surface area contributed by atoms with Crippen molar-refractivity contribution in [3.63, 3.8) is 0 Å². The summed E-state index contributed by atoms with van der Waals surface area (Å²) in [6.07, 6.45) is 8.38. The van der Waals surface area contributed by atoms with Crippen molar-refractivity contribution in [2.24, 2.45) is 0 Å². The molecule has 4 heterocycles. The summed E-state index contributed by atoms with van der Waals surface area (Å²) >= 11 is 3.48. The van der Waals surface area contributed by atoms with Gasteiger partial charge in [0.15, 0.2) is 0 Å². The number of halogens is 1. The molecule has 47 heavy (non-hydrogen) atoms. The lowest BCUT2D eigenvalue weighted by Gasteiger charge is -2.43. The minimum Gasteiger partial charge on any atom is -0.494 e. The average Bonchev–Trinajstić information content (AvgIpc) is 3.07. The van der Waals surface area contributed by atoms with Gasteiger partial charge in [0.1, 0.15) is 17.1 Å². The van der Waals surface area contributed by atoms with Gasteiger partial charge in [-0.25, -0.2) is 13.4 Å². The second-order valence-corrected chi connectivity index (χ2v) is 14.5. The second-order valence-electron chi connectivity index (χ2n) is 11.9. The fraction of sp³-hybridized carbons (Fsp3) is 0.438. The first-order chi connectivity index (χ1) is 23.8. The summed E-state index contributed by atoms with van der Waals surface area (Å²) in [7, 11) is -4.19. The van der Waals surface area contributed by atoms with Crippen LogP contribution in [0.25, 0.3) is 11.0 Å². The molecule has 250 valence electrons. The van der Waals surface area contributed by atoms with Crippen molar-refractivity contribution in [1.29, 1.82) is 0 Å². The minimum atomic E-state index is -3.67. The molecule has 2 aliphatic heterocycles. The Morgan fingerprint density at radius 3 is 2.51 bits per heavy atom. The maximum atomic E-state index is 12.3. The molecule has 0 saturated carbocycles. The molecule has 0 amide bonds. The molecular weight excluding hydrogens is 684 g/mol. The summed E-state index contributed by atoms with van der Waals surface area (Å²) < 4.78 is 56.8. The Hall–Kier alpha value is -3.79. The van der Waals surface area contributed by atoms with Crippen LogP contribution >= 0.6 is 15.9 Å². The molecule has 4 aromatic rings. The first-order valence-electron chi connectivity index (χ1n) is 17.1. The zero-order valence-corrected chi connectivity index (χ0v) is 29.0. The molecular formula is C32H41BrN10O3S. The molecule has 2 fully saturated rings. The van der Waals surface area contributed by atoms with Crippen molar-refractivity contribution in [1.82, 2.24) is 29.7 Å². The molecule has 2 aromatic carbocycles. The highest BCUT2D eigenvalue weighted by atomic mass is 79.9. The van der Waals surface area contributed by atoms with E-state index in [0.29, 0.717) is 45.2 Å². The van der Waals surface area contributed by atoms with E-state index < -0.39 is 17.1 Å². The number of benzene rings is 2. The quantitative estimate of drug-likeness (QED) is 0.206. The highest BCUT2D eigenvalue weighted by Gasteiger charge is 2.28. The monoisotopic (exact) mass is 727 g/mol. The molecule has 2 saturated heterocycles. The van der Waals surface area contributed by atoms with Crippen LogP contribution < -0.4 is 25.0 Å². The molecule has 0 atom stereocenters. The van der Waals surface area contributed by atoms with E-state index in [1.54, 1.807) is 18.2 Å². The number of aryl methyl sites for hydroxylation is 1. The molecule has 0 bridgehead atoms. The van der Waals surface area contributed by atoms with E-state index in [1.807, 2.05) is 6.07 Å². The van der Waals surface area contributed by atoms with Crippen molar-refractivity contribution < 1.29 is 17.3 Å². The van der Waals surface area contributed by atoms with Crippen LogP contribution in [0.15, 0.2) is 47.3 Å². The van der Waals surface area contributed by atoms with Gasteiger partial charge in [0.2, 0.25) is 16.0 Å². The first-order valence-corrected chi connectivity index (χ1v) is 18.3. The zero-order valence-electron chi connectivity index (χ0n) is 29.6. The Morgan fingerprint density at radius 1 is 1.02 bits per heavy atom. The van der Waals surface area contributed by atoms with E-state index in [2.05, 4.69) is 79.9 Å². The fourth-order valence-corrected chi connectivity index (χ4v) is 7.09. The molecule has 15 heteroatoms. The van der Waals surface area contributed by atoms with Gasteiger partial charge in [-0.15, -0.1) is 0 Å². The summed E-state index contributed by atoms with van der Waals surface area (Å²) in [4.78, 5) is 25.0. The second kappa shape index (κ2) is 14.1. The molecule has 0 radical (unpaired) electrons. The number of piperazine rings is 1. The summed E-state index contributed by atoms with van der Waals surface area (Å²) in [5.41, 5.74) is 3.85. The molecule has 0 spiro atoms. The molecule has 0 aliphatic carbocycles. The van der Waals surface area contributed by atoms with Crippen molar-refractivity contribution in [2.75, 3.05) is 79.9 Å². The normalized spacial score (nSPS) is 18.0. The van der Waals surface area contributed by atoms with Gasteiger partial charge in [-0.1, -0.05) is 6.92 Å². The van der Waals surface area contributed by atoms with Gasteiger partial charge in [0.05, 0.1) is 44.5 Å². The molecule has 2 aromatic heterocycles. The Labute approximate surface area is 288 Å². The van der Waals surface area contributed by atoms with E-state index in [1.165, 1.54) is 18.6 Å². The third-order valence-corrected chi connectivity index (χ3v) is 9.86. The number of fused-ring (bicyclic) bond motifs is 1. The number of hydrogen-bond donors (Lipinski definition) is 3. The minimum absolute atomic E-state index is 0.159. The Balaban J connectivity index is 1.27. The number of likely N-dealkylation sites (N-methyl/N-ethyl adjacent to an activating group) is 1. The van der Waals surface area contributed by atoms with Crippen LogP contribution in [-0.4, -0.2) is 104 Å². The van der Waals surface area contributed by atoms with Crippen LogP contribution in [-0.2, 0) is 16.4 Å². The number of rotatable bonds is 10. The van der Waals surface area contributed by atoms with Gasteiger partial charge >= 0.3 is 0 Å². The number of sulfonamides is 1. The number of anilines is 6. The van der Waals surface area contributed by atoms with Crippen molar-refractivity contribution in [3.05, 3.63) is 52.9 Å². The van der Waals surface area contributed by atoms with Gasteiger partial charge in [0.25, 0.3) is 0 Å². The average molecular weight is 729 g/mol. The van der Waals surface area contributed by atoms with E-state index in [-0.39, 0.29) is 17.4 Å². The largest absolute Gasteiger partial charge is 0.494 e. The van der Waals surface area contributed by atoms with Crippen LogP contribution in [0.1, 0.15) is 29.4 Å². The summed E-state index contributed by atoms with van der Waals surface area (Å²) in [6.45, 7) is 8.15. The Kier molecular flexibility index (Phi) is 8.83. The van der Waals surface area contributed by atoms with Gasteiger partial charge in [-0.05, 0) is 66.0 Å². The first kappa shape index (κ1) is 29.4. The summed E-state index contributed by atoms with van der Waals surface area (Å²) in [5.74, 6) is 0.635. The number of hydrogen-bond acceptors (Lipinski definition) is 12. The number of ether oxygens (including phenoxy) is 1. The van der Waals surface area contributed by atoms with Crippen molar-refractivity contribution in [2.45, 2.75) is 32.2 Å². The van der Waals surface area contributed by atoms with Crippen LogP contribution in [0, 0.1) is 0 Å². The van der Waals surface area contributed by atoms with Crippen LogP contribution in [0.4, 0.5) is 34.5 Å². The number of nitrogens with zero attached hydrogens (tertiary/aromatic N) is 7. The predicted molar refractivity (Wildman–Crippen MR) is 191 cm³/mol. The lowest BCUT2D eigenvalue weighted by atomic mass is 9.99. The van der Waals surface area contributed by atoms with Crippen LogP contribution in [0.5, 0.6) is 5.75 Å². The number of aromatic nitrogens is 4. The van der Waals surface area contributed by atoms with E-state index in [0.717, 1.165) is 69.6 Å². The molecule has 0 unspecified atom stereocenters. The number of piperidine rings is 1. The van der Waals surface area contributed by atoms with Crippen LogP contribution in [0.2, 0.25) is 0 Å². The maximum absolute atomic E-state index is 12.3. The van der Waals surface area contributed by atoms with Crippen LogP contribution in [0.3, 0.4) is 0 Å². The number of methoxy groups -OCH3 is 1. The highest BCUT2D eigenvalue weighted by Crippen LogP contribution is 2.38. The van der Waals surface area contributed by atoms with Gasteiger partial charge < -0.3 is 25.2 Å². The van der Waals surface area contributed by atoms with E-state index in [4.69, 9.17) is 8.85 Å². The lowest BCUT2D eigenvalue weighted by Crippen LogP contribution is -2.52. The summed E-state index contributed by atoms with van der Waals surface area (Å²) in [6, 6.07) is 7.64. The predicted octanol–water partition coefficient (Wildman–Crippen LogP) is 4.83. The maximum Gasteiger partial charge on any atom is 0.229 e. The topological polar surface area (TPSA) is 141 Å². The molecule has 2 aliphatic rings. The molecule has 6 rings (SSSR count). The molecule has 13 nitrogen and oxygen atoms in total. The van der Waals surface area contributed by atoms with E-state index in [9.17, 15) is 8.42 Å². The van der Waals surface area contributed by atoms with Crippen molar-refractivity contribution in [3.8, 4) is 5.75 Å². The standard InChI is InChI=1S/C32H41BrN10O3S/c1-5-21-18-26(28(46-3)19-27(21)43-12-8-22(9-13-43)42-16-14-41(2)15-17-42)38-32-36-20-23(33)31(39-32)37-25-7-6-24-29(35-11-10-34-24)30(25)40-47(4,44)45/h6-7,10-11,18-20,22,40H,5,8-9,12-17H2,1-4H3,(H2,36,37,38,39)/i3D3. The third kappa shape index (κ3) is 7.69. The smallest absolute Gasteiger partial charge is 0.229 e. The molecule has 3 N–H and O–H groups in total. The van der Waals surface area contributed by atoms with Gasteiger partial charge in [-0.3, -0.25) is 19.6 Å². The SMILES string of the molecule is [2H]C([2H])([2H])Oc1cc(N2CCC(N3CCN(C)CC3)CC2)c(CC)cc1Nc1ncc(Br)c(Nc2ccc3nccnc3c2NS(C)(=O)=O)n1. The van der Waals surface area contributed by atoms with Crippen molar-refractivity contribution >= 4 is 71.5 Å². The Morgan fingerprint density at radius 2 is 1.79 bits per heavy atom. The lowest BCUT2D eigenvalue weighted by molar-refractivity contribution is 0.0982. The third-order valence-electron chi connectivity index (χ3n) is 8.70. The summed E-state index contributed by atoms with van der Waals surface area (Å²) in [5, 5.41) is 6.34. The number of nitrogens with one attached hydrogen (secondary N) is 3. The van der Waals surface area contributed by atoms with Gasteiger partial charge in [-0.2, -0.15) is 4.98 Å².